The minimum atomic E-state index is -0.0503. The number of thiazole rings is 1. The van der Waals surface area contributed by atoms with Crippen LogP contribution >= 0.6 is 23.1 Å². The number of nitrogens with one attached hydrogen (secondary N) is 1. The van der Waals surface area contributed by atoms with E-state index in [9.17, 15) is 4.79 Å². The fourth-order valence-corrected chi connectivity index (χ4v) is 5.29. The largest absolute Gasteiger partial charge is 0.444 e. The lowest BCUT2D eigenvalue weighted by atomic mass is 9.94. The molecule has 1 aliphatic heterocycles. The number of hydrogen-bond acceptors (Lipinski definition) is 7. The molecule has 8 heteroatoms. The number of carbonyl (C=O) groups excluding carboxylic acids is 1. The SMILES string of the molecule is CC(C)(C)c1cnc(CSc2cnc(NC(=O)Cc3ccc(CN4CCCC4)cc3)s2)o1. The smallest absolute Gasteiger partial charge is 0.230 e. The van der Waals surface area contributed by atoms with Gasteiger partial charge in [-0.1, -0.05) is 56.4 Å². The number of nitrogens with zero attached hydrogens (tertiary/aromatic N) is 3. The van der Waals surface area contributed by atoms with Crippen molar-refractivity contribution in [1.29, 1.82) is 0 Å². The summed E-state index contributed by atoms with van der Waals surface area (Å²) in [5, 5.41) is 3.53. The Labute approximate surface area is 197 Å². The number of rotatable bonds is 8. The number of anilines is 1. The number of thioether (sulfide) groups is 1. The predicted molar refractivity (Wildman–Crippen MR) is 130 cm³/mol. The summed E-state index contributed by atoms with van der Waals surface area (Å²) >= 11 is 3.08. The van der Waals surface area contributed by atoms with Crippen LogP contribution in [-0.4, -0.2) is 33.9 Å². The predicted octanol–water partition coefficient (Wildman–Crippen LogP) is 5.50. The molecule has 1 aromatic carbocycles. The van der Waals surface area contributed by atoms with Crippen LogP contribution in [0.15, 0.2) is 45.3 Å². The van der Waals surface area contributed by atoms with Crippen molar-refractivity contribution in [1.82, 2.24) is 14.9 Å². The van der Waals surface area contributed by atoms with E-state index in [2.05, 4.69) is 65.2 Å². The Morgan fingerprint density at radius 3 is 2.53 bits per heavy atom. The van der Waals surface area contributed by atoms with Crippen molar-refractivity contribution in [2.45, 2.75) is 62.0 Å². The molecule has 1 saturated heterocycles. The average Bonchev–Trinajstić information content (AvgIpc) is 3.49. The maximum Gasteiger partial charge on any atom is 0.230 e. The van der Waals surface area contributed by atoms with Gasteiger partial charge in [0.05, 0.1) is 28.8 Å². The second kappa shape index (κ2) is 10.2. The zero-order chi connectivity index (χ0) is 22.6. The normalized spacial score (nSPS) is 14.7. The van der Waals surface area contributed by atoms with E-state index in [0.717, 1.165) is 22.1 Å². The highest BCUT2D eigenvalue weighted by Gasteiger charge is 2.19. The monoisotopic (exact) mass is 470 g/mol. The van der Waals surface area contributed by atoms with Gasteiger partial charge in [-0.3, -0.25) is 9.69 Å². The molecular weight excluding hydrogens is 440 g/mol. The summed E-state index contributed by atoms with van der Waals surface area (Å²) in [7, 11) is 0. The van der Waals surface area contributed by atoms with Gasteiger partial charge in [0.1, 0.15) is 5.76 Å². The molecule has 0 atom stereocenters. The minimum absolute atomic E-state index is 0.0495. The second-order valence-corrected chi connectivity index (χ2v) is 11.5. The molecule has 0 bridgehead atoms. The van der Waals surface area contributed by atoms with E-state index >= 15 is 0 Å². The van der Waals surface area contributed by atoms with E-state index < -0.39 is 0 Å². The van der Waals surface area contributed by atoms with Crippen molar-refractivity contribution in [3.63, 3.8) is 0 Å². The molecule has 6 nitrogen and oxygen atoms in total. The van der Waals surface area contributed by atoms with Crippen molar-refractivity contribution < 1.29 is 9.21 Å². The number of aromatic nitrogens is 2. The Balaban J connectivity index is 1.24. The van der Waals surface area contributed by atoms with Gasteiger partial charge in [-0.2, -0.15) is 0 Å². The first-order valence-corrected chi connectivity index (χ1v) is 12.8. The van der Waals surface area contributed by atoms with Crippen LogP contribution in [0.1, 0.15) is 56.4 Å². The summed E-state index contributed by atoms with van der Waals surface area (Å²) in [5.41, 5.74) is 2.27. The highest BCUT2D eigenvalue weighted by Crippen LogP contribution is 2.31. The van der Waals surface area contributed by atoms with Crippen LogP contribution in [0.25, 0.3) is 0 Å². The van der Waals surface area contributed by atoms with Gasteiger partial charge in [-0.15, -0.1) is 11.8 Å². The molecule has 0 unspecified atom stereocenters. The molecular formula is C24H30N4O2S2. The number of carbonyl (C=O) groups is 1. The third-order valence-corrected chi connectivity index (χ3v) is 7.45. The number of likely N-dealkylation sites (tertiary alicyclic amines) is 1. The molecule has 3 aromatic rings. The van der Waals surface area contributed by atoms with Gasteiger partial charge in [0.25, 0.3) is 0 Å². The quantitative estimate of drug-likeness (QED) is 0.439. The Morgan fingerprint density at radius 2 is 1.84 bits per heavy atom. The summed E-state index contributed by atoms with van der Waals surface area (Å²) in [6.07, 6.45) is 6.52. The van der Waals surface area contributed by atoms with Gasteiger partial charge in [-0.25, -0.2) is 9.97 Å². The summed E-state index contributed by atoms with van der Waals surface area (Å²) in [6, 6.07) is 8.37. The van der Waals surface area contributed by atoms with Gasteiger partial charge in [-0.05, 0) is 37.1 Å². The lowest BCUT2D eigenvalue weighted by Gasteiger charge is -2.14. The Bertz CT molecular complexity index is 1030. The Hall–Kier alpha value is -2.16. The summed E-state index contributed by atoms with van der Waals surface area (Å²) in [6.45, 7) is 9.68. The third kappa shape index (κ3) is 6.43. The first-order chi connectivity index (χ1) is 15.3. The van der Waals surface area contributed by atoms with Crippen molar-refractivity contribution in [2.75, 3.05) is 18.4 Å². The lowest BCUT2D eigenvalue weighted by Crippen LogP contribution is -2.18. The van der Waals surface area contributed by atoms with Crippen LogP contribution in [0.4, 0.5) is 5.13 Å². The highest BCUT2D eigenvalue weighted by molar-refractivity contribution is 8.00. The number of oxazole rings is 1. The van der Waals surface area contributed by atoms with Gasteiger partial charge >= 0.3 is 0 Å². The first kappa shape index (κ1) is 23.0. The molecule has 170 valence electrons. The van der Waals surface area contributed by atoms with E-state index in [1.807, 2.05) is 0 Å². The number of hydrogen-bond donors (Lipinski definition) is 1. The Kier molecular flexibility index (Phi) is 7.33. The highest BCUT2D eigenvalue weighted by atomic mass is 32.2. The van der Waals surface area contributed by atoms with E-state index in [0.29, 0.717) is 23.2 Å². The molecule has 0 saturated carbocycles. The molecule has 1 fully saturated rings. The van der Waals surface area contributed by atoms with Crippen LogP contribution in [0.2, 0.25) is 0 Å². The second-order valence-electron chi connectivity index (χ2n) is 9.17. The van der Waals surface area contributed by atoms with Crippen LogP contribution in [0.3, 0.4) is 0 Å². The van der Waals surface area contributed by atoms with Crippen LogP contribution in [-0.2, 0) is 28.9 Å². The summed E-state index contributed by atoms with van der Waals surface area (Å²) < 4.78 is 6.85. The third-order valence-electron chi connectivity index (χ3n) is 5.35. The van der Waals surface area contributed by atoms with E-state index in [1.54, 1.807) is 24.2 Å². The molecule has 0 aliphatic carbocycles. The molecule has 0 radical (unpaired) electrons. The van der Waals surface area contributed by atoms with Gasteiger partial charge in [0, 0.05) is 12.0 Å². The van der Waals surface area contributed by atoms with Crippen molar-refractivity contribution >= 4 is 34.1 Å². The maximum atomic E-state index is 12.4. The topological polar surface area (TPSA) is 71.3 Å². The zero-order valence-corrected chi connectivity index (χ0v) is 20.5. The van der Waals surface area contributed by atoms with E-state index in [-0.39, 0.29) is 11.3 Å². The van der Waals surface area contributed by atoms with Crippen molar-refractivity contribution in [3.05, 3.63) is 59.4 Å². The standard InChI is InChI=1S/C24H30N4O2S2/c1-24(2,3)19-13-25-21(30-19)16-31-22-14-26-23(32-22)27-20(29)12-17-6-8-18(9-7-17)15-28-10-4-5-11-28/h6-9,13-14H,4-5,10-12,15-16H2,1-3H3,(H,26,27,29). The fourth-order valence-electron chi connectivity index (χ4n) is 3.55. The van der Waals surface area contributed by atoms with E-state index in [4.69, 9.17) is 4.42 Å². The summed E-state index contributed by atoms with van der Waals surface area (Å²) in [5.74, 6) is 2.17. The maximum absolute atomic E-state index is 12.4. The fraction of sp³-hybridized carbons (Fsp3) is 0.458. The molecule has 32 heavy (non-hydrogen) atoms. The molecule has 3 heterocycles. The van der Waals surface area contributed by atoms with Gasteiger partial charge in [0.15, 0.2) is 5.13 Å². The van der Waals surface area contributed by atoms with Crippen molar-refractivity contribution in [2.24, 2.45) is 0 Å². The average molecular weight is 471 g/mol. The molecule has 1 aliphatic rings. The molecule has 1 N–H and O–H groups in total. The lowest BCUT2D eigenvalue weighted by molar-refractivity contribution is -0.115. The van der Waals surface area contributed by atoms with Crippen molar-refractivity contribution in [3.8, 4) is 0 Å². The Morgan fingerprint density at radius 1 is 1.12 bits per heavy atom. The van der Waals surface area contributed by atoms with Gasteiger partial charge < -0.3 is 9.73 Å². The van der Waals surface area contributed by atoms with Gasteiger partial charge in [0.2, 0.25) is 11.8 Å². The van der Waals surface area contributed by atoms with Crippen LogP contribution < -0.4 is 5.32 Å². The number of benzene rings is 1. The zero-order valence-electron chi connectivity index (χ0n) is 18.9. The number of amides is 1. The summed E-state index contributed by atoms with van der Waals surface area (Å²) in [4.78, 5) is 23.6. The van der Waals surface area contributed by atoms with Crippen LogP contribution in [0.5, 0.6) is 0 Å². The molecule has 1 amide bonds. The molecule has 0 spiro atoms. The molecule has 2 aromatic heterocycles. The molecule has 4 rings (SSSR count). The first-order valence-electron chi connectivity index (χ1n) is 11.0. The van der Waals surface area contributed by atoms with Crippen LogP contribution in [0, 0.1) is 0 Å². The minimum Gasteiger partial charge on any atom is -0.444 e. The van der Waals surface area contributed by atoms with E-state index in [1.165, 1.54) is 42.8 Å².